The molecule has 3 aromatic rings. The van der Waals surface area contributed by atoms with Crippen LogP contribution in [0.25, 0.3) is 16.7 Å². The van der Waals surface area contributed by atoms with Crippen LogP contribution in [-0.2, 0) is 14.3 Å². The zero-order valence-electron chi connectivity index (χ0n) is 19.2. The number of anilines is 1. The maximum absolute atomic E-state index is 11.9. The van der Waals surface area contributed by atoms with Crippen LogP contribution in [0, 0.1) is 6.92 Å². The fraction of sp³-hybridized carbons (Fsp3) is 0.545. The van der Waals surface area contributed by atoms with Crippen molar-refractivity contribution in [1.29, 1.82) is 0 Å². The van der Waals surface area contributed by atoms with E-state index in [9.17, 15) is 4.79 Å². The standard InChI is InChI=1S/C22H32N6O4/c1-5-19(31-4)22(29)24-11-7-6-10-23-20-21-27-26-15(2)28(21)18-9-8-16(14-17(18)25-20)32-13-12-30-3/h8-9,14,19H,5-7,10-13H2,1-4H3,(H,23,25)(H,24,29)/t19-/m1/s1. The Morgan fingerprint density at radius 3 is 2.72 bits per heavy atom. The van der Waals surface area contributed by atoms with E-state index in [-0.39, 0.29) is 12.0 Å². The van der Waals surface area contributed by atoms with Crippen LogP contribution >= 0.6 is 0 Å². The number of unbranched alkanes of at least 4 members (excludes halogenated alkanes) is 1. The van der Waals surface area contributed by atoms with Gasteiger partial charge in [0.25, 0.3) is 0 Å². The van der Waals surface area contributed by atoms with Gasteiger partial charge >= 0.3 is 0 Å². The molecule has 0 spiro atoms. The van der Waals surface area contributed by atoms with Gasteiger partial charge in [-0.1, -0.05) is 6.92 Å². The lowest BCUT2D eigenvalue weighted by Crippen LogP contribution is -2.36. The number of aryl methyl sites for hydroxylation is 1. The van der Waals surface area contributed by atoms with Gasteiger partial charge in [0, 0.05) is 33.4 Å². The highest BCUT2D eigenvalue weighted by atomic mass is 16.5. The van der Waals surface area contributed by atoms with Crippen molar-refractivity contribution in [2.45, 2.75) is 39.2 Å². The lowest BCUT2D eigenvalue weighted by molar-refractivity contribution is -0.131. The third-order valence-corrected chi connectivity index (χ3v) is 5.16. The molecular formula is C22H32N6O4. The minimum atomic E-state index is -0.386. The van der Waals surface area contributed by atoms with Gasteiger partial charge in [0.05, 0.1) is 17.6 Å². The summed E-state index contributed by atoms with van der Waals surface area (Å²) >= 11 is 0. The summed E-state index contributed by atoms with van der Waals surface area (Å²) < 4.78 is 17.9. The Kier molecular flexibility index (Phi) is 8.57. The van der Waals surface area contributed by atoms with E-state index in [2.05, 4.69) is 20.8 Å². The van der Waals surface area contributed by atoms with Crippen LogP contribution in [0.4, 0.5) is 5.82 Å². The fourth-order valence-electron chi connectivity index (χ4n) is 3.45. The molecule has 3 rings (SSSR count). The van der Waals surface area contributed by atoms with E-state index in [1.165, 1.54) is 0 Å². The molecular weight excluding hydrogens is 412 g/mol. The van der Waals surface area contributed by atoms with E-state index in [1.807, 2.05) is 36.4 Å². The number of carbonyl (C=O) groups is 1. The zero-order chi connectivity index (χ0) is 22.9. The molecule has 2 N–H and O–H groups in total. The first kappa shape index (κ1) is 23.7. The molecule has 0 aliphatic rings. The number of fused-ring (bicyclic) bond motifs is 3. The van der Waals surface area contributed by atoms with Crippen molar-refractivity contribution in [1.82, 2.24) is 24.9 Å². The van der Waals surface area contributed by atoms with E-state index in [0.29, 0.717) is 44.2 Å². The number of benzene rings is 1. The topological polar surface area (TPSA) is 112 Å². The van der Waals surface area contributed by atoms with Crippen LogP contribution in [0.15, 0.2) is 18.2 Å². The van der Waals surface area contributed by atoms with Gasteiger partial charge in [0.2, 0.25) is 11.6 Å². The van der Waals surface area contributed by atoms with Crippen molar-refractivity contribution in [2.24, 2.45) is 0 Å². The molecule has 32 heavy (non-hydrogen) atoms. The third-order valence-electron chi connectivity index (χ3n) is 5.16. The minimum Gasteiger partial charge on any atom is -0.491 e. The van der Waals surface area contributed by atoms with Crippen molar-refractivity contribution in [3.63, 3.8) is 0 Å². The number of hydrogen-bond donors (Lipinski definition) is 2. The highest BCUT2D eigenvalue weighted by Crippen LogP contribution is 2.25. The van der Waals surface area contributed by atoms with Crippen LogP contribution in [0.3, 0.4) is 0 Å². The molecule has 0 saturated heterocycles. The molecule has 10 heteroatoms. The summed E-state index contributed by atoms with van der Waals surface area (Å²) in [6.45, 7) is 6.14. The molecule has 0 aliphatic carbocycles. The molecule has 1 aromatic carbocycles. The molecule has 0 fully saturated rings. The number of rotatable bonds is 13. The van der Waals surface area contributed by atoms with Gasteiger partial charge in [-0.15, -0.1) is 10.2 Å². The molecule has 0 unspecified atom stereocenters. The van der Waals surface area contributed by atoms with Crippen LogP contribution in [-0.4, -0.2) is 72.1 Å². The van der Waals surface area contributed by atoms with Gasteiger partial charge in [-0.2, -0.15) is 0 Å². The summed E-state index contributed by atoms with van der Waals surface area (Å²) in [4.78, 5) is 16.7. The largest absolute Gasteiger partial charge is 0.491 e. The van der Waals surface area contributed by atoms with Crippen LogP contribution in [0.5, 0.6) is 5.75 Å². The summed E-state index contributed by atoms with van der Waals surface area (Å²) in [6, 6.07) is 5.78. The Balaban J connectivity index is 1.64. The predicted molar refractivity (Wildman–Crippen MR) is 122 cm³/mol. The van der Waals surface area contributed by atoms with Crippen molar-refractivity contribution in [3.05, 3.63) is 24.0 Å². The molecule has 2 aromatic heterocycles. The highest BCUT2D eigenvalue weighted by molar-refractivity contribution is 5.84. The summed E-state index contributed by atoms with van der Waals surface area (Å²) in [5.41, 5.74) is 2.39. The van der Waals surface area contributed by atoms with Gasteiger partial charge in [0.1, 0.15) is 24.3 Å². The molecule has 0 radical (unpaired) electrons. The molecule has 1 amide bonds. The molecule has 0 saturated carbocycles. The van der Waals surface area contributed by atoms with E-state index in [1.54, 1.807) is 14.2 Å². The summed E-state index contributed by atoms with van der Waals surface area (Å²) in [5, 5.41) is 14.8. The average molecular weight is 445 g/mol. The first-order valence-corrected chi connectivity index (χ1v) is 10.9. The Morgan fingerprint density at radius 2 is 1.97 bits per heavy atom. The number of amides is 1. The summed E-state index contributed by atoms with van der Waals surface area (Å²) in [6.07, 6.45) is 1.97. The van der Waals surface area contributed by atoms with E-state index in [0.717, 1.165) is 35.4 Å². The second kappa shape index (κ2) is 11.6. The van der Waals surface area contributed by atoms with E-state index < -0.39 is 0 Å². The third kappa shape index (κ3) is 5.63. The smallest absolute Gasteiger partial charge is 0.249 e. The fourth-order valence-corrected chi connectivity index (χ4v) is 3.45. The van der Waals surface area contributed by atoms with Gasteiger partial charge in [0.15, 0.2) is 5.82 Å². The lowest BCUT2D eigenvalue weighted by Gasteiger charge is -2.13. The van der Waals surface area contributed by atoms with Crippen LogP contribution in [0.1, 0.15) is 32.0 Å². The Bertz CT molecular complexity index is 1030. The quantitative estimate of drug-likeness (QED) is 0.387. The first-order valence-electron chi connectivity index (χ1n) is 10.9. The van der Waals surface area contributed by atoms with E-state index >= 15 is 0 Å². The molecule has 2 heterocycles. The predicted octanol–water partition coefficient (Wildman–Crippen LogP) is 2.34. The van der Waals surface area contributed by atoms with Crippen molar-refractivity contribution in [2.75, 3.05) is 45.8 Å². The molecule has 1 atom stereocenters. The van der Waals surface area contributed by atoms with Crippen molar-refractivity contribution in [3.8, 4) is 5.75 Å². The van der Waals surface area contributed by atoms with Gasteiger partial charge in [-0.05, 0) is 38.3 Å². The highest BCUT2D eigenvalue weighted by Gasteiger charge is 2.15. The van der Waals surface area contributed by atoms with Crippen molar-refractivity contribution < 1.29 is 19.0 Å². The Labute approximate surface area is 187 Å². The second-order valence-electron chi connectivity index (χ2n) is 7.42. The Hall–Kier alpha value is -2.98. The number of carbonyl (C=O) groups excluding carboxylic acids is 1. The number of ether oxygens (including phenoxy) is 3. The summed E-state index contributed by atoms with van der Waals surface area (Å²) in [5.74, 6) is 2.12. The maximum Gasteiger partial charge on any atom is 0.249 e. The maximum atomic E-state index is 11.9. The SMILES string of the molecule is CC[C@@H](OC)C(=O)NCCCCNc1nc2cc(OCCOC)ccc2n2c(C)nnc12. The number of nitrogens with zero attached hydrogens (tertiary/aromatic N) is 4. The average Bonchev–Trinajstić information content (AvgIpc) is 3.19. The monoisotopic (exact) mass is 444 g/mol. The number of hydrogen-bond acceptors (Lipinski definition) is 8. The second-order valence-corrected chi connectivity index (χ2v) is 7.42. The minimum absolute atomic E-state index is 0.0664. The van der Waals surface area contributed by atoms with Gasteiger partial charge in [-0.25, -0.2) is 4.98 Å². The van der Waals surface area contributed by atoms with Crippen molar-refractivity contribution >= 4 is 28.4 Å². The normalized spacial score (nSPS) is 12.2. The molecule has 0 aliphatic heterocycles. The summed E-state index contributed by atoms with van der Waals surface area (Å²) in [7, 11) is 3.19. The molecule has 10 nitrogen and oxygen atoms in total. The van der Waals surface area contributed by atoms with Crippen LogP contribution in [0.2, 0.25) is 0 Å². The van der Waals surface area contributed by atoms with Gasteiger partial charge in [-0.3, -0.25) is 9.20 Å². The molecule has 174 valence electrons. The van der Waals surface area contributed by atoms with E-state index in [4.69, 9.17) is 19.2 Å². The first-order chi connectivity index (χ1) is 15.6. The van der Waals surface area contributed by atoms with Gasteiger partial charge < -0.3 is 24.8 Å². The molecule has 0 bridgehead atoms. The lowest BCUT2D eigenvalue weighted by atomic mass is 10.2. The number of nitrogens with one attached hydrogen (secondary N) is 2. The number of aromatic nitrogens is 4. The Morgan fingerprint density at radius 1 is 1.16 bits per heavy atom. The number of methoxy groups -OCH3 is 2. The van der Waals surface area contributed by atoms with Crippen LogP contribution < -0.4 is 15.4 Å². The zero-order valence-corrected chi connectivity index (χ0v) is 19.2.